The molecule has 0 bridgehead atoms. The molecule has 5 heteroatoms. The number of likely N-dealkylation sites (tertiary alicyclic amines) is 1. The van der Waals surface area contributed by atoms with Crippen molar-refractivity contribution in [2.24, 2.45) is 5.92 Å². The van der Waals surface area contributed by atoms with Crippen LogP contribution in [0.5, 0.6) is 0 Å². The SMILES string of the molecule is N#Cc1cccc(C(=O)NCC2CCN([C@H]3CCSC3)CC2)c1. The fraction of sp³-hybridized carbons (Fsp3) is 0.556. The van der Waals surface area contributed by atoms with Crippen LogP contribution in [0.15, 0.2) is 24.3 Å². The Bertz CT molecular complexity index is 584. The van der Waals surface area contributed by atoms with Gasteiger partial charge in [0.1, 0.15) is 0 Å². The average Bonchev–Trinajstić information content (AvgIpc) is 3.15. The third-order valence-corrected chi connectivity index (χ3v) is 6.02. The maximum Gasteiger partial charge on any atom is 0.251 e. The van der Waals surface area contributed by atoms with E-state index in [4.69, 9.17) is 5.26 Å². The lowest BCUT2D eigenvalue weighted by molar-refractivity contribution is 0.0928. The van der Waals surface area contributed by atoms with Crippen LogP contribution < -0.4 is 5.32 Å². The fourth-order valence-electron chi connectivity index (χ4n) is 3.40. The van der Waals surface area contributed by atoms with Crippen LogP contribution in [0.1, 0.15) is 35.2 Å². The molecule has 0 spiro atoms. The van der Waals surface area contributed by atoms with Crippen molar-refractivity contribution in [1.82, 2.24) is 10.2 Å². The zero-order valence-corrected chi connectivity index (χ0v) is 14.1. The molecule has 0 saturated carbocycles. The first-order valence-electron chi connectivity index (χ1n) is 8.36. The highest BCUT2D eigenvalue weighted by Crippen LogP contribution is 2.26. The van der Waals surface area contributed by atoms with Crippen molar-refractivity contribution in [1.29, 1.82) is 5.26 Å². The molecular formula is C18H23N3OS. The average molecular weight is 329 g/mol. The molecule has 1 amide bonds. The molecule has 0 radical (unpaired) electrons. The number of hydrogen-bond acceptors (Lipinski definition) is 4. The number of piperidine rings is 1. The van der Waals surface area contributed by atoms with Crippen LogP contribution in [-0.2, 0) is 0 Å². The van der Waals surface area contributed by atoms with Crippen LogP contribution in [0.4, 0.5) is 0 Å². The van der Waals surface area contributed by atoms with Crippen molar-refractivity contribution in [2.45, 2.75) is 25.3 Å². The maximum absolute atomic E-state index is 12.2. The Morgan fingerprint density at radius 1 is 1.35 bits per heavy atom. The molecule has 2 aliphatic rings. The Balaban J connectivity index is 1.44. The number of thioether (sulfide) groups is 1. The van der Waals surface area contributed by atoms with Crippen molar-refractivity contribution in [3.05, 3.63) is 35.4 Å². The number of nitrogens with one attached hydrogen (secondary N) is 1. The molecule has 1 aromatic rings. The van der Waals surface area contributed by atoms with Gasteiger partial charge in [-0.3, -0.25) is 9.69 Å². The van der Waals surface area contributed by atoms with E-state index in [9.17, 15) is 4.79 Å². The van der Waals surface area contributed by atoms with Crippen LogP contribution in [-0.4, -0.2) is 48.0 Å². The van der Waals surface area contributed by atoms with Crippen LogP contribution in [0.25, 0.3) is 0 Å². The summed E-state index contributed by atoms with van der Waals surface area (Å²) in [4.78, 5) is 14.8. The predicted molar refractivity (Wildman–Crippen MR) is 93.5 cm³/mol. The minimum Gasteiger partial charge on any atom is -0.352 e. The lowest BCUT2D eigenvalue weighted by Crippen LogP contribution is -2.43. The molecule has 122 valence electrons. The Morgan fingerprint density at radius 3 is 2.87 bits per heavy atom. The maximum atomic E-state index is 12.2. The van der Waals surface area contributed by atoms with Gasteiger partial charge >= 0.3 is 0 Å². The Morgan fingerprint density at radius 2 is 2.17 bits per heavy atom. The van der Waals surface area contributed by atoms with Crippen molar-refractivity contribution in [3.8, 4) is 6.07 Å². The highest BCUT2D eigenvalue weighted by molar-refractivity contribution is 7.99. The Labute approximate surface area is 142 Å². The van der Waals surface area contributed by atoms with E-state index in [1.54, 1.807) is 24.3 Å². The van der Waals surface area contributed by atoms with Crippen LogP contribution >= 0.6 is 11.8 Å². The van der Waals surface area contributed by atoms with Crippen LogP contribution in [0.3, 0.4) is 0 Å². The lowest BCUT2D eigenvalue weighted by Gasteiger charge is -2.35. The van der Waals surface area contributed by atoms with E-state index in [0.29, 0.717) is 17.0 Å². The number of carbonyl (C=O) groups is 1. The van der Waals surface area contributed by atoms with Gasteiger partial charge in [-0.15, -0.1) is 0 Å². The molecule has 2 saturated heterocycles. The summed E-state index contributed by atoms with van der Waals surface area (Å²) in [6.45, 7) is 3.06. The van der Waals surface area contributed by atoms with Gasteiger partial charge in [0.2, 0.25) is 0 Å². The third-order valence-electron chi connectivity index (χ3n) is 4.88. The summed E-state index contributed by atoms with van der Waals surface area (Å²) in [5.41, 5.74) is 1.10. The van der Waals surface area contributed by atoms with Gasteiger partial charge < -0.3 is 5.32 Å². The first kappa shape index (κ1) is 16.4. The minimum absolute atomic E-state index is 0.0725. The second kappa shape index (κ2) is 7.85. The minimum atomic E-state index is -0.0725. The summed E-state index contributed by atoms with van der Waals surface area (Å²) in [6, 6.07) is 9.73. The number of nitrogens with zero attached hydrogens (tertiary/aromatic N) is 2. The monoisotopic (exact) mass is 329 g/mol. The van der Waals surface area contributed by atoms with Gasteiger partial charge in [-0.25, -0.2) is 0 Å². The molecule has 2 aliphatic heterocycles. The van der Waals surface area contributed by atoms with Gasteiger partial charge in [-0.1, -0.05) is 6.07 Å². The van der Waals surface area contributed by atoms with Crippen LogP contribution in [0.2, 0.25) is 0 Å². The van der Waals surface area contributed by atoms with Gasteiger partial charge in [-0.2, -0.15) is 17.0 Å². The number of rotatable bonds is 4. The van der Waals surface area contributed by atoms with E-state index >= 15 is 0 Å². The first-order valence-corrected chi connectivity index (χ1v) is 9.52. The summed E-state index contributed by atoms with van der Waals surface area (Å²) in [6.07, 6.45) is 3.67. The van der Waals surface area contributed by atoms with Gasteiger partial charge in [0, 0.05) is 23.9 Å². The van der Waals surface area contributed by atoms with Crippen molar-refractivity contribution in [3.63, 3.8) is 0 Å². The predicted octanol–water partition coefficient (Wildman–Crippen LogP) is 2.51. The van der Waals surface area contributed by atoms with E-state index in [1.807, 2.05) is 0 Å². The molecule has 2 heterocycles. The van der Waals surface area contributed by atoms with Gasteiger partial charge in [-0.05, 0) is 62.2 Å². The zero-order chi connectivity index (χ0) is 16.1. The van der Waals surface area contributed by atoms with E-state index in [-0.39, 0.29) is 5.91 Å². The fourth-order valence-corrected chi connectivity index (χ4v) is 4.66. The van der Waals surface area contributed by atoms with Crippen molar-refractivity contribution in [2.75, 3.05) is 31.1 Å². The number of nitriles is 1. The second-order valence-corrected chi connectivity index (χ2v) is 7.55. The van der Waals surface area contributed by atoms with Gasteiger partial charge in [0.25, 0.3) is 5.91 Å². The summed E-state index contributed by atoms with van der Waals surface area (Å²) < 4.78 is 0. The third kappa shape index (κ3) is 4.27. The topological polar surface area (TPSA) is 56.1 Å². The molecule has 4 nitrogen and oxygen atoms in total. The molecule has 0 aliphatic carbocycles. The molecule has 3 rings (SSSR count). The van der Waals surface area contributed by atoms with Gasteiger partial charge in [0.05, 0.1) is 11.6 Å². The van der Waals surface area contributed by atoms with E-state index < -0.39 is 0 Å². The van der Waals surface area contributed by atoms with E-state index in [0.717, 1.165) is 25.7 Å². The molecule has 0 unspecified atom stereocenters. The largest absolute Gasteiger partial charge is 0.352 e. The first-order chi connectivity index (χ1) is 11.3. The van der Waals surface area contributed by atoms with Crippen molar-refractivity contribution < 1.29 is 4.79 Å². The van der Waals surface area contributed by atoms with Gasteiger partial charge in [0.15, 0.2) is 0 Å². The Hall–Kier alpha value is -1.51. The van der Waals surface area contributed by atoms with Crippen molar-refractivity contribution >= 4 is 17.7 Å². The molecule has 1 N–H and O–H groups in total. The van der Waals surface area contributed by atoms with Crippen LogP contribution in [0, 0.1) is 17.2 Å². The number of amides is 1. The molecule has 1 atom stereocenters. The standard InChI is InChI=1S/C18H23N3OS/c19-11-15-2-1-3-16(10-15)18(22)20-12-14-4-7-21(8-5-14)17-6-9-23-13-17/h1-3,10,14,17H,4-9,12-13H2,(H,20,22)/t17-/m0/s1. The highest BCUT2D eigenvalue weighted by Gasteiger charge is 2.27. The molecule has 1 aromatic carbocycles. The molecule has 2 fully saturated rings. The van der Waals surface area contributed by atoms with E-state index in [2.05, 4.69) is 28.0 Å². The quantitative estimate of drug-likeness (QED) is 0.922. The summed E-state index contributed by atoms with van der Waals surface area (Å²) in [5.74, 6) is 3.10. The number of benzene rings is 1. The summed E-state index contributed by atoms with van der Waals surface area (Å²) in [5, 5.41) is 11.9. The highest BCUT2D eigenvalue weighted by atomic mass is 32.2. The zero-order valence-electron chi connectivity index (χ0n) is 13.3. The molecule has 23 heavy (non-hydrogen) atoms. The number of carbonyl (C=O) groups excluding carboxylic acids is 1. The molecule has 0 aromatic heterocycles. The second-order valence-electron chi connectivity index (χ2n) is 6.40. The number of hydrogen-bond donors (Lipinski definition) is 1. The smallest absolute Gasteiger partial charge is 0.251 e. The summed E-state index contributed by atoms with van der Waals surface area (Å²) >= 11 is 2.07. The molecular weight excluding hydrogens is 306 g/mol. The lowest BCUT2D eigenvalue weighted by atomic mass is 9.95. The van der Waals surface area contributed by atoms with E-state index in [1.165, 1.54) is 30.8 Å². The Kier molecular flexibility index (Phi) is 5.58. The summed E-state index contributed by atoms with van der Waals surface area (Å²) in [7, 11) is 0. The normalized spacial score (nSPS) is 22.7.